The molecule has 0 aliphatic carbocycles. The number of benzene rings is 2. The number of hydrogen-bond acceptors (Lipinski definition) is 6. The monoisotopic (exact) mass is 446 g/mol. The summed E-state index contributed by atoms with van der Waals surface area (Å²) < 4.78 is 1.13. The summed E-state index contributed by atoms with van der Waals surface area (Å²) in [6.07, 6.45) is 1.44. The van der Waals surface area contributed by atoms with Crippen LogP contribution in [0.1, 0.15) is 17.7 Å². The van der Waals surface area contributed by atoms with Crippen molar-refractivity contribution in [2.45, 2.75) is 25.9 Å². The van der Waals surface area contributed by atoms with Gasteiger partial charge in [-0.15, -0.1) is 11.3 Å². The molecule has 0 bridgehead atoms. The van der Waals surface area contributed by atoms with Gasteiger partial charge in [0.15, 0.2) is 0 Å². The average Bonchev–Trinajstić information content (AvgIpc) is 3.21. The molecule has 8 heteroatoms. The van der Waals surface area contributed by atoms with Gasteiger partial charge < -0.3 is 10.4 Å². The highest BCUT2D eigenvalue weighted by Gasteiger charge is 2.21. The third-order valence-electron chi connectivity index (χ3n) is 4.90. The molecular formula is C24H22N4O3S. The second kappa shape index (κ2) is 9.67. The molecule has 162 valence electrons. The molecule has 1 unspecified atom stereocenters. The van der Waals surface area contributed by atoms with Gasteiger partial charge in [-0.05, 0) is 61.0 Å². The van der Waals surface area contributed by atoms with Gasteiger partial charge >= 0.3 is 5.97 Å². The Morgan fingerprint density at radius 2 is 1.91 bits per heavy atom. The maximum atomic E-state index is 12.4. The minimum atomic E-state index is -1.09. The summed E-state index contributed by atoms with van der Waals surface area (Å²) in [5, 5.41) is 16.0. The molecule has 0 spiro atoms. The van der Waals surface area contributed by atoms with E-state index in [-0.39, 0.29) is 18.9 Å². The largest absolute Gasteiger partial charge is 0.480 e. The standard InChI is InChI=1S/C24H22N4O3S/c1-15-5-10-19-21(12-15)32-23(28-19)16-6-8-17(9-7-16)27-22(29)13-20(24(30)31)26-14-18-4-2-3-11-25-18/h2-12,20,26H,13-14H2,1H3,(H,27,29)(H,30,31). The second-order valence-corrected chi connectivity index (χ2v) is 8.44. The van der Waals surface area contributed by atoms with E-state index in [1.165, 1.54) is 5.56 Å². The number of nitrogens with zero attached hydrogens (tertiary/aromatic N) is 2. The summed E-state index contributed by atoms with van der Waals surface area (Å²) >= 11 is 1.62. The molecule has 4 aromatic rings. The summed E-state index contributed by atoms with van der Waals surface area (Å²) in [6, 6.07) is 17.9. The van der Waals surface area contributed by atoms with Crippen LogP contribution in [0, 0.1) is 6.92 Å². The lowest BCUT2D eigenvalue weighted by molar-refractivity contribution is -0.141. The number of carbonyl (C=O) groups excluding carboxylic acids is 1. The lowest BCUT2D eigenvalue weighted by Crippen LogP contribution is -2.39. The molecular weight excluding hydrogens is 424 g/mol. The number of amides is 1. The van der Waals surface area contributed by atoms with Crippen molar-refractivity contribution in [3.63, 3.8) is 0 Å². The number of carboxylic acid groups (broad SMARTS) is 1. The van der Waals surface area contributed by atoms with Crippen LogP contribution in [0.4, 0.5) is 5.69 Å². The maximum Gasteiger partial charge on any atom is 0.321 e. The summed E-state index contributed by atoms with van der Waals surface area (Å²) in [5.74, 6) is -1.47. The summed E-state index contributed by atoms with van der Waals surface area (Å²) in [7, 11) is 0. The van der Waals surface area contributed by atoms with Crippen molar-refractivity contribution in [1.29, 1.82) is 0 Å². The zero-order chi connectivity index (χ0) is 22.5. The predicted octanol–water partition coefficient (Wildman–Crippen LogP) is 4.24. The molecule has 3 N–H and O–H groups in total. The lowest BCUT2D eigenvalue weighted by atomic mass is 10.1. The number of aromatic nitrogens is 2. The van der Waals surface area contributed by atoms with Crippen molar-refractivity contribution in [1.82, 2.24) is 15.3 Å². The molecule has 0 radical (unpaired) electrons. The van der Waals surface area contributed by atoms with Crippen molar-refractivity contribution < 1.29 is 14.7 Å². The smallest absolute Gasteiger partial charge is 0.321 e. The minimum absolute atomic E-state index is 0.193. The molecule has 1 amide bonds. The first kappa shape index (κ1) is 21.6. The van der Waals surface area contributed by atoms with Crippen LogP contribution in [0.2, 0.25) is 0 Å². The molecule has 0 saturated carbocycles. The van der Waals surface area contributed by atoms with Gasteiger partial charge in [0.2, 0.25) is 5.91 Å². The number of rotatable bonds is 8. The minimum Gasteiger partial charge on any atom is -0.480 e. The molecule has 7 nitrogen and oxygen atoms in total. The van der Waals surface area contributed by atoms with E-state index in [1.807, 2.05) is 30.3 Å². The van der Waals surface area contributed by atoms with Crippen molar-refractivity contribution in [3.8, 4) is 10.6 Å². The topological polar surface area (TPSA) is 104 Å². The highest BCUT2D eigenvalue weighted by molar-refractivity contribution is 7.21. The fourth-order valence-electron chi connectivity index (χ4n) is 3.23. The summed E-state index contributed by atoms with van der Waals surface area (Å²) in [6.45, 7) is 2.32. The van der Waals surface area contributed by atoms with Crippen LogP contribution < -0.4 is 10.6 Å². The van der Waals surface area contributed by atoms with Crippen molar-refractivity contribution >= 4 is 39.1 Å². The van der Waals surface area contributed by atoms with E-state index in [0.29, 0.717) is 11.4 Å². The molecule has 0 aliphatic rings. The highest BCUT2D eigenvalue weighted by Crippen LogP contribution is 2.31. The lowest BCUT2D eigenvalue weighted by Gasteiger charge is -2.14. The Morgan fingerprint density at radius 3 is 2.62 bits per heavy atom. The van der Waals surface area contributed by atoms with Gasteiger partial charge in [0.1, 0.15) is 11.0 Å². The van der Waals surface area contributed by atoms with Crippen molar-refractivity contribution in [2.24, 2.45) is 0 Å². The van der Waals surface area contributed by atoms with Crippen molar-refractivity contribution in [3.05, 3.63) is 78.1 Å². The molecule has 2 heterocycles. The third-order valence-corrected chi connectivity index (χ3v) is 5.97. The molecule has 0 aliphatic heterocycles. The number of carbonyl (C=O) groups is 2. The van der Waals surface area contributed by atoms with Crippen LogP contribution in [-0.4, -0.2) is 33.0 Å². The first-order chi connectivity index (χ1) is 15.5. The molecule has 32 heavy (non-hydrogen) atoms. The number of carboxylic acids is 1. The van der Waals surface area contributed by atoms with Gasteiger partial charge in [0, 0.05) is 24.0 Å². The Hall–Kier alpha value is -3.62. The number of pyridine rings is 1. The first-order valence-electron chi connectivity index (χ1n) is 10.1. The highest BCUT2D eigenvalue weighted by atomic mass is 32.1. The Labute approximate surface area is 189 Å². The number of thiazole rings is 1. The third kappa shape index (κ3) is 5.35. The molecule has 2 aromatic carbocycles. The van der Waals surface area contributed by atoms with Gasteiger partial charge in [-0.1, -0.05) is 12.1 Å². The number of aryl methyl sites for hydroxylation is 1. The number of fused-ring (bicyclic) bond motifs is 1. The van der Waals surface area contributed by atoms with E-state index >= 15 is 0 Å². The van der Waals surface area contributed by atoms with Crippen LogP contribution >= 0.6 is 11.3 Å². The molecule has 0 fully saturated rings. The number of nitrogens with one attached hydrogen (secondary N) is 2. The first-order valence-corrected chi connectivity index (χ1v) is 10.9. The van der Waals surface area contributed by atoms with E-state index in [1.54, 1.807) is 41.8 Å². The number of aliphatic carboxylic acids is 1. The number of hydrogen-bond donors (Lipinski definition) is 3. The van der Waals surface area contributed by atoms with E-state index < -0.39 is 12.0 Å². The van der Waals surface area contributed by atoms with Gasteiger partial charge in [0.05, 0.1) is 22.3 Å². The van der Waals surface area contributed by atoms with E-state index in [2.05, 4.69) is 33.6 Å². The van der Waals surface area contributed by atoms with E-state index in [0.717, 1.165) is 20.8 Å². The Bertz CT molecular complexity index is 1240. The number of anilines is 1. The van der Waals surface area contributed by atoms with Crippen LogP contribution in [0.15, 0.2) is 66.9 Å². The zero-order valence-electron chi connectivity index (χ0n) is 17.4. The second-order valence-electron chi connectivity index (χ2n) is 7.41. The SMILES string of the molecule is Cc1ccc2nc(-c3ccc(NC(=O)CC(NCc4ccccn4)C(=O)O)cc3)sc2c1. The fraction of sp³-hybridized carbons (Fsp3) is 0.167. The van der Waals surface area contributed by atoms with Gasteiger partial charge in [0.25, 0.3) is 0 Å². The van der Waals surface area contributed by atoms with E-state index in [9.17, 15) is 14.7 Å². The normalized spacial score (nSPS) is 11.9. The Morgan fingerprint density at radius 1 is 1.09 bits per heavy atom. The fourth-order valence-corrected chi connectivity index (χ4v) is 4.30. The summed E-state index contributed by atoms with van der Waals surface area (Å²) in [5.41, 5.74) is 4.43. The van der Waals surface area contributed by atoms with Gasteiger partial charge in [-0.2, -0.15) is 0 Å². The Balaban J connectivity index is 1.37. The molecule has 4 rings (SSSR count). The van der Waals surface area contributed by atoms with E-state index in [4.69, 9.17) is 0 Å². The van der Waals surface area contributed by atoms with Gasteiger partial charge in [-0.3, -0.25) is 19.9 Å². The average molecular weight is 447 g/mol. The summed E-state index contributed by atoms with van der Waals surface area (Å²) in [4.78, 5) is 32.8. The predicted molar refractivity (Wildman–Crippen MR) is 126 cm³/mol. The molecule has 0 saturated heterocycles. The molecule has 2 aromatic heterocycles. The van der Waals surface area contributed by atoms with Gasteiger partial charge in [-0.25, -0.2) is 4.98 Å². The molecule has 1 atom stereocenters. The van der Waals surface area contributed by atoms with Crippen LogP contribution in [0.5, 0.6) is 0 Å². The van der Waals surface area contributed by atoms with Crippen molar-refractivity contribution in [2.75, 3.05) is 5.32 Å². The van der Waals surface area contributed by atoms with Crippen LogP contribution in [-0.2, 0) is 16.1 Å². The Kier molecular flexibility index (Phi) is 6.53. The maximum absolute atomic E-state index is 12.4. The zero-order valence-corrected chi connectivity index (χ0v) is 18.2. The van der Waals surface area contributed by atoms with Crippen LogP contribution in [0.25, 0.3) is 20.8 Å². The quantitative estimate of drug-likeness (QED) is 0.374. The van der Waals surface area contributed by atoms with Crippen LogP contribution in [0.3, 0.4) is 0 Å².